The smallest absolute Gasteiger partial charge is 0.329 e. The molecule has 0 fully saturated rings. The average molecular weight is 269 g/mol. The molecule has 0 saturated carbocycles. The minimum absolute atomic E-state index is 0.314. The summed E-state index contributed by atoms with van der Waals surface area (Å²) in [7, 11) is 0. The van der Waals surface area contributed by atoms with Gasteiger partial charge < -0.3 is 15.7 Å². The molecule has 1 unspecified atom stereocenters. The molecule has 1 heterocycles. The molecular formula is C11H19N5O3. The SMILES string of the molecule is CCC(C)(NC(=O)NCCCn1ccnn1)C(=O)O. The van der Waals surface area contributed by atoms with Crippen molar-refractivity contribution in [1.82, 2.24) is 25.6 Å². The van der Waals surface area contributed by atoms with E-state index in [0.717, 1.165) is 0 Å². The third-order valence-electron chi connectivity index (χ3n) is 2.89. The van der Waals surface area contributed by atoms with Gasteiger partial charge in [0.1, 0.15) is 5.54 Å². The lowest BCUT2D eigenvalue weighted by Crippen LogP contribution is -2.54. The Labute approximate surface area is 111 Å². The predicted octanol–water partition coefficient (Wildman–Crippen LogP) is 0.221. The monoisotopic (exact) mass is 269 g/mol. The van der Waals surface area contributed by atoms with Gasteiger partial charge in [-0.3, -0.25) is 4.68 Å². The summed E-state index contributed by atoms with van der Waals surface area (Å²) in [6.07, 6.45) is 4.32. The quantitative estimate of drug-likeness (QED) is 0.613. The molecule has 0 bridgehead atoms. The first-order chi connectivity index (χ1) is 8.98. The first-order valence-electron chi connectivity index (χ1n) is 6.11. The number of hydrogen-bond acceptors (Lipinski definition) is 4. The van der Waals surface area contributed by atoms with E-state index in [1.54, 1.807) is 24.0 Å². The largest absolute Gasteiger partial charge is 0.480 e. The van der Waals surface area contributed by atoms with Crippen molar-refractivity contribution in [2.45, 2.75) is 38.8 Å². The van der Waals surface area contributed by atoms with E-state index in [1.165, 1.54) is 6.92 Å². The van der Waals surface area contributed by atoms with Crippen LogP contribution >= 0.6 is 0 Å². The Hall–Kier alpha value is -2.12. The Morgan fingerprint density at radius 1 is 1.47 bits per heavy atom. The van der Waals surface area contributed by atoms with Crippen molar-refractivity contribution in [1.29, 1.82) is 0 Å². The molecular weight excluding hydrogens is 250 g/mol. The van der Waals surface area contributed by atoms with Crippen LogP contribution in [-0.4, -0.2) is 44.2 Å². The minimum atomic E-state index is -1.24. The molecule has 2 amide bonds. The van der Waals surface area contributed by atoms with E-state index >= 15 is 0 Å². The number of carboxylic acids is 1. The number of carbonyl (C=O) groups excluding carboxylic acids is 1. The second-order valence-electron chi connectivity index (χ2n) is 4.39. The maximum atomic E-state index is 11.6. The first kappa shape index (κ1) is 14.9. The van der Waals surface area contributed by atoms with Crippen molar-refractivity contribution in [3.63, 3.8) is 0 Å². The number of aromatic nitrogens is 3. The van der Waals surface area contributed by atoms with Gasteiger partial charge in [-0.2, -0.15) is 0 Å². The zero-order valence-corrected chi connectivity index (χ0v) is 11.1. The third kappa shape index (κ3) is 4.57. The topological polar surface area (TPSA) is 109 Å². The lowest BCUT2D eigenvalue weighted by Gasteiger charge is -2.24. The number of aryl methyl sites for hydroxylation is 1. The van der Waals surface area contributed by atoms with Crippen LogP contribution in [-0.2, 0) is 11.3 Å². The van der Waals surface area contributed by atoms with Gasteiger partial charge in [-0.05, 0) is 19.8 Å². The highest BCUT2D eigenvalue weighted by Crippen LogP contribution is 2.08. The standard InChI is InChI=1S/C11H19N5O3/c1-3-11(2,9(17)18)14-10(19)12-5-4-7-16-8-6-13-15-16/h6,8H,3-5,7H2,1-2H3,(H,17,18)(H2,12,14,19). The Balaban J connectivity index is 2.26. The number of aliphatic carboxylic acids is 1. The van der Waals surface area contributed by atoms with Gasteiger partial charge in [-0.25, -0.2) is 9.59 Å². The van der Waals surface area contributed by atoms with Crippen LogP contribution in [0.1, 0.15) is 26.7 Å². The molecule has 0 aliphatic heterocycles. The fourth-order valence-corrected chi connectivity index (χ4v) is 1.38. The molecule has 0 saturated heterocycles. The lowest BCUT2D eigenvalue weighted by atomic mass is 10.00. The number of urea groups is 1. The van der Waals surface area contributed by atoms with Crippen LogP contribution in [0.5, 0.6) is 0 Å². The summed E-state index contributed by atoms with van der Waals surface area (Å²) in [4.78, 5) is 22.6. The molecule has 3 N–H and O–H groups in total. The highest BCUT2D eigenvalue weighted by atomic mass is 16.4. The number of nitrogens with zero attached hydrogens (tertiary/aromatic N) is 3. The van der Waals surface area contributed by atoms with E-state index in [2.05, 4.69) is 20.9 Å². The Morgan fingerprint density at radius 2 is 2.21 bits per heavy atom. The molecule has 1 rings (SSSR count). The Bertz CT molecular complexity index is 420. The average Bonchev–Trinajstić information content (AvgIpc) is 2.87. The van der Waals surface area contributed by atoms with Crippen LogP contribution in [0.2, 0.25) is 0 Å². The number of carbonyl (C=O) groups is 2. The zero-order valence-electron chi connectivity index (χ0n) is 11.1. The van der Waals surface area contributed by atoms with Crippen LogP contribution < -0.4 is 10.6 Å². The molecule has 0 aliphatic rings. The minimum Gasteiger partial charge on any atom is -0.480 e. The van der Waals surface area contributed by atoms with E-state index in [0.29, 0.717) is 25.9 Å². The molecule has 0 aromatic carbocycles. The number of rotatable bonds is 7. The fourth-order valence-electron chi connectivity index (χ4n) is 1.38. The molecule has 0 radical (unpaired) electrons. The Morgan fingerprint density at radius 3 is 2.74 bits per heavy atom. The van der Waals surface area contributed by atoms with E-state index in [9.17, 15) is 9.59 Å². The maximum absolute atomic E-state index is 11.6. The summed E-state index contributed by atoms with van der Waals surface area (Å²) in [6.45, 7) is 4.26. The number of carboxylic acid groups (broad SMARTS) is 1. The number of nitrogens with one attached hydrogen (secondary N) is 2. The number of amides is 2. The second-order valence-corrected chi connectivity index (χ2v) is 4.39. The van der Waals surface area contributed by atoms with Gasteiger partial charge in [0.05, 0.1) is 6.20 Å². The molecule has 1 aromatic rings. The third-order valence-corrected chi connectivity index (χ3v) is 2.89. The van der Waals surface area contributed by atoms with Crippen molar-refractivity contribution < 1.29 is 14.7 Å². The van der Waals surface area contributed by atoms with Crippen LogP contribution in [0, 0.1) is 0 Å². The van der Waals surface area contributed by atoms with Gasteiger partial charge in [0, 0.05) is 19.3 Å². The van der Waals surface area contributed by atoms with Crippen molar-refractivity contribution in [3.05, 3.63) is 12.4 Å². The highest BCUT2D eigenvalue weighted by Gasteiger charge is 2.32. The van der Waals surface area contributed by atoms with Crippen molar-refractivity contribution in [2.24, 2.45) is 0 Å². The van der Waals surface area contributed by atoms with Gasteiger partial charge in [0.25, 0.3) is 0 Å². The van der Waals surface area contributed by atoms with Crippen LogP contribution in [0.15, 0.2) is 12.4 Å². The summed E-state index contributed by atoms with van der Waals surface area (Å²) in [6, 6.07) is -0.481. The molecule has 106 valence electrons. The Kier molecular flexibility index (Phi) is 5.28. The summed E-state index contributed by atoms with van der Waals surface area (Å²) in [5.41, 5.74) is -1.24. The van der Waals surface area contributed by atoms with E-state index < -0.39 is 17.5 Å². The molecule has 8 heteroatoms. The second kappa shape index (κ2) is 6.72. The summed E-state index contributed by atoms with van der Waals surface area (Å²) < 4.78 is 1.66. The normalized spacial score (nSPS) is 13.6. The molecule has 0 spiro atoms. The summed E-state index contributed by atoms with van der Waals surface area (Å²) >= 11 is 0. The number of hydrogen-bond donors (Lipinski definition) is 3. The maximum Gasteiger partial charge on any atom is 0.329 e. The molecule has 0 aliphatic carbocycles. The van der Waals surface area contributed by atoms with Crippen molar-refractivity contribution in [2.75, 3.05) is 6.54 Å². The van der Waals surface area contributed by atoms with Crippen LogP contribution in [0.3, 0.4) is 0 Å². The predicted molar refractivity (Wildman–Crippen MR) is 67.5 cm³/mol. The highest BCUT2D eigenvalue weighted by molar-refractivity contribution is 5.85. The van der Waals surface area contributed by atoms with Crippen molar-refractivity contribution >= 4 is 12.0 Å². The summed E-state index contributed by atoms with van der Waals surface area (Å²) in [5, 5.41) is 21.5. The first-order valence-corrected chi connectivity index (χ1v) is 6.11. The van der Waals surface area contributed by atoms with Crippen molar-refractivity contribution in [3.8, 4) is 0 Å². The fraction of sp³-hybridized carbons (Fsp3) is 0.636. The molecule has 19 heavy (non-hydrogen) atoms. The van der Waals surface area contributed by atoms with Crippen LogP contribution in [0.25, 0.3) is 0 Å². The van der Waals surface area contributed by atoms with E-state index in [-0.39, 0.29) is 0 Å². The van der Waals surface area contributed by atoms with E-state index in [4.69, 9.17) is 5.11 Å². The molecule has 8 nitrogen and oxygen atoms in total. The van der Waals surface area contributed by atoms with E-state index in [1.807, 2.05) is 0 Å². The lowest BCUT2D eigenvalue weighted by molar-refractivity contribution is -0.143. The van der Waals surface area contributed by atoms with Gasteiger partial charge >= 0.3 is 12.0 Å². The van der Waals surface area contributed by atoms with Gasteiger partial charge in [-0.1, -0.05) is 12.1 Å². The van der Waals surface area contributed by atoms with Crippen LogP contribution in [0.4, 0.5) is 4.79 Å². The zero-order chi connectivity index (χ0) is 14.3. The van der Waals surface area contributed by atoms with Gasteiger partial charge in [0.2, 0.25) is 0 Å². The van der Waals surface area contributed by atoms with Gasteiger partial charge in [-0.15, -0.1) is 5.10 Å². The van der Waals surface area contributed by atoms with Gasteiger partial charge in [0.15, 0.2) is 0 Å². The summed E-state index contributed by atoms with van der Waals surface area (Å²) in [5.74, 6) is -1.05. The molecule has 1 aromatic heterocycles. The molecule has 1 atom stereocenters.